The van der Waals surface area contributed by atoms with Crippen molar-refractivity contribution in [1.82, 2.24) is 9.62 Å². The quantitative estimate of drug-likeness (QED) is 0.767. The van der Waals surface area contributed by atoms with Crippen molar-refractivity contribution >= 4 is 10.0 Å². The van der Waals surface area contributed by atoms with Gasteiger partial charge in [-0.15, -0.1) is 0 Å². The van der Waals surface area contributed by atoms with Crippen molar-refractivity contribution in [3.05, 3.63) is 29.8 Å². The monoisotopic (exact) mass is 284 g/mol. The molecule has 0 radical (unpaired) electrons. The maximum absolute atomic E-state index is 12.0. The highest BCUT2D eigenvalue weighted by atomic mass is 32.2. The highest BCUT2D eigenvalue weighted by molar-refractivity contribution is 7.89. The van der Waals surface area contributed by atoms with Crippen LogP contribution in [0.5, 0.6) is 0 Å². The fourth-order valence-electron chi connectivity index (χ4n) is 1.91. The Balaban J connectivity index is 1.89. The lowest BCUT2D eigenvalue weighted by atomic mass is 10.2. The van der Waals surface area contributed by atoms with Gasteiger partial charge in [-0.2, -0.15) is 0 Å². The third-order valence-corrected chi connectivity index (χ3v) is 4.82. The van der Waals surface area contributed by atoms with Crippen molar-refractivity contribution in [3.63, 3.8) is 0 Å². The van der Waals surface area contributed by atoms with E-state index in [-0.39, 0.29) is 11.5 Å². The minimum atomic E-state index is -3.44. The second-order valence-corrected chi connectivity index (χ2v) is 6.68. The van der Waals surface area contributed by atoms with Crippen molar-refractivity contribution in [1.29, 1.82) is 0 Å². The van der Waals surface area contributed by atoms with E-state index < -0.39 is 10.0 Å². The van der Waals surface area contributed by atoms with Crippen LogP contribution in [0.2, 0.25) is 0 Å². The van der Waals surface area contributed by atoms with E-state index in [1.807, 2.05) is 7.05 Å². The molecule has 1 aliphatic carbocycles. The summed E-state index contributed by atoms with van der Waals surface area (Å²) in [6, 6.07) is 6.89. The van der Waals surface area contributed by atoms with Crippen molar-refractivity contribution in [2.75, 3.05) is 20.1 Å². The van der Waals surface area contributed by atoms with Gasteiger partial charge in [0.15, 0.2) is 0 Å². The third-order valence-electron chi connectivity index (χ3n) is 3.34. The molecular weight excluding hydrogens is 264 g/mol. The number of nitrogens with zero attached hydrogens (tertiary/aromatic N) is 1. The second kappa shape index (κ2) is 6.00. The highest BCUT2D eigenvalue weighted by Gasteiger charge is 2.25. The number of hydrogen-bond donors (Lipinski definition) is 2. The maximum Gasteiger partial charge on any atom is 0.240 e. The van der Waals surface area contributed by atoms with Crippen LogP contribution in [0.15, 0.2) is 29.2 Å². The predicted molar refractivity (Wildman–Crippen MR) is 73.2 cm³/mol. The van der Waals surface area contributed by atoms with Gasteiger partial charge in [0.1, 0.15) is 0 Å². The summed E-state index contributed by atoms with van der Waals surface area (Å²) >= 11 is 0. The Labute approximate surface area is 114 Å². The molecule has 5 nitrogen and oxygen atoms in total. The number of benzene rings is 1. The van der Waals surface area contributed by atoms with Crippen LogP contribution in [-0.4, -0.2) is 44.6 Å². The van der Waals surface area contributed by atoms with Gasteiger partial charge in [0.2, 0.25) is 10.0 Å². The molecule has 1 aromatic carbocycles. The van der Waals surface area contributed by atoms with Crippen LogP contribution in [0, 0.1) is 0 Å². The Morgan fingerprint density at radius 1 is 1.32 bits per heavy atom. The van der Waals surface area contributed by atoms with E-state index in [0.29, 0.717) is 18.2 Å². The van der Waals surface area contributed by atoms with Gasteiger partial charge in [0.25, 0.3) is 0 Å². The van der Waals surface area contributed by atoms with E-state index in [1.54, 1.807) is 12.1 Å². The van der Waals surface area contributed by atoms with Crippen molar-refractivity contribution in [3.8, 4) is 0 Å². The van der Waals surface area contributed by atoms with Gasteiger partial charge in [0.05, 0.1) is 11.5 Å². The van der Waals surface area contributed by atoms with Gasteiger partial charge in [0, 0.05) is 19.1 Å². The third kappa shape index (κ3) is 4.01. The Hall–Kier alpha value is -0.950. The summed E-state index contributed by atoms with van der Waals surface area (Å²) in [5.74, 6) is 0. The van der Waals surface area contributed by atoms with E-state index in [4.69, 9.17) is 5.11 Å². The molecule has 2 N–H and O–H groups in total. The van der Waals surface area contributed by atoms with Crippen molar-refractivity contribution in [2.45, 2.75) is 30.4 Å². The van der Waals surface area contributed by atoms with Gasteiger partial charge in [-0.1, -0.05) is 12.1 Å². The number of nitrogens with one attached hydrogen (secondary N) is 1. The van der Waals surface area contributed by atoms with Crippen LogP contribution in [0.1, 0.15) is 18.4 Å². The smallest absolute Gasteiger partial charge is 0.240 e. The Kier molecular flexibility index (Phi) is 4.57. The standard InChI is InChI=1S/C13H20N2O3S/c1-15(12-4-5-12)9-8-14-19(17,18)13-6-2-11(10-16)3-7-13/h2-3,6-7,12,14,16H,4-5,8-10H2,1H3. The lowest BCUT2D eigenvalue weighted by Gasteiger charge is -2.15. The van der Waals surface area contributed by atoms with Gasteiger partial charge in [-0.05, 0) is 37.6 Å². The number of sulfonamides is 1. The van der Waals surface area contributed by atoms with Crippen LogP contribution in [-0.2, 0) is 16.6 Å². The molecule has 1 fully saturated rings. The zero-order chi connectivity index (χ0) is 13.9. The van der Waals surface area contributed by atoms with Gasteiger partial charge < -0.3 is 10.0 Å². The molecule has 1 saturated carbocycles. The number of rotatable bonds is 7. The molecule has 19 heavy (non-hydrogen) atoms. The van der Waals surface area contributed by atoms with Crippen LogP contribution in [0.25, 0.3) is 0 Å². The SMILES string of the molecule is CN(CCNS(=O)(=O)c1ccc(CO)cc1)C1CC1. The van der Waals surface area contributed by atoms with Gasteiger partial charge in [-0.3, -0.25) is 0 Å². The summed E-state index contributed by atoms with van der Waals surface area (Å²) in [5.41, 5.74) is 0.701. The zero-order valence-corrected chi connectivity index (χ0v) is 11.9. The minimum absolute atomic E-state index is 0.0834. The van der Waals surface area contributed by atoms with Gasteiger partial charge >= 0.3 is 0 Å². The molecule has 0 amide bonds. The second-order valence-electron chi connectivity index (χ2n) is 4.91. The molecule has 0 saturated heterocycles. The normalized spacial score (nSPS) is 15.9. The lowest BCUT2D eigenvalue weighted by Crippen LogP contribution is -2.33. The number of aliphatic hydroxyl groups excluding tert-OH is 1. The fourth-order valence-corrected chi connectivity index (χ4v) is 2.93. The predicted octanol–water partition coefficient (Wildman–Crippen LogP) is 0.551. The molecule has 0 bridgehead atoms. The molecule has 0 unspecified atom stereocenters. The fraction of sp³-hybridized carbons (Fsp3) is 0.538. The molecule has 0 heterocycles. The molecule has 0 spiro atoms. The van der Waals surface area contributed by atoms with Crippen LogP contribution in [0.4, 0.5) is 0 Å². The summed E-state index contributed by atoms with van der Waals surface area (Å²) in [7, 11) is -1.43. The molecule has 1 aliphatic rings. The molecule has 1 aromatic rings. The van der Waals surface area contributed by atoms with E-state index >= 15 is 0 Å². The largest absolute Gasteiger partial charge is 0.392 e. The summed E-state index contributed by atoms with van der Waals surface area (Å²) < 4.78 is 26.6. The number of aliphatic hydroxyl groups is 1. The number of hydrogen-bond acceptors (Lipinski definition) is 4. The lowest BCUT2D eigenvalue weighted by molar-refractivity contribution is 0.282. The average molecular weight is 284 g/mol. The first-order valence-corrected chi connectivity index (χ1v) is 7.91. The van der Waals surface area contributed by atoms with Gasteiger partial charge in [-0.25, -0.2) is 13.1 Å². The van der Waals surface area contributed by atoms with E-state index in [9.17, 15) is 8.42 Å². The summed E-state index contributed by atoms with van der Waals surface area (Å²) in [6.45, 7) is 1.05. The van der Waals surface area contributed by atoms with Crippen molar-refractivity contribution < 1.29 is 13.5 Å². The first kappa shape index (κ1) is 14.5. The maximum atomic E-state index is 12.0. The van der Waals surface area contributed by atoms with E-state index in [2.05, 4.69) is 9.62 Å². The highest BCUT2D eigenvalue weighted by Crippen LogP contribution is 2.24. The van der Waals surface area contributed by atoms with E-state index in [0.717, 1.165) is 6.54 Å². The van der Waals surface area contributed by atoms with Crippen LogP contribution in [0.3, 0.4) is 0 Å². The Morgan fingerprint density at radius 3 is 2.47 bits per heavy atom. The number of likely N-dealkylation sites (N-methyl/N-ethyl adjacent to an activating group) is 1. The topological polar surface area (TPSA) is 69.6 Å². The summed E-state index contributed by atoms with van der Waals surface area (Å²) in [4.78, 5) is 2.41. The van der Waals surface area contributed by atoms with E-state index in [1.165, 1.54) is 25.0 Å². The molecule has 2 rings (SSSR count). The minimum Gasteiger partial charge on any atom is -0.392 e. The Morgan fingerprint density at radius 2 is 1.95 bits per heavy atom. The summed E-state index contributed by atoms with van der Waals surface area (Å²) in [5, 5.41) is 8.92. The van der Waals surface area contributed by atoms with Crippen LogP contribution >= 0.6 is 0 Å². The molecule has 0 aliphatic heterocycles. The molecule has 106 valence electrons. The average Bonchev–Trinajstić information content (AvgIpc) is 3.23. The molecule has 6 heteroatoms. The Bertz CT molecular complexity index is 509. The molecule has 0 aromatic heterocycles. The molecular formula is C13H20N2O3S. The summed E-state index contributed by atoms with van der Waals surface area (Å²) in [6.07, 6.45) is 2.43. The van der Waals surface area contributed by atoms with Crippen molar-refractivity contribution in [2.24, 2.45) is 0 Å². The zero-order valence-electron chi connectivity index (χ0n) is 11.0. The molecule has 0 atom stereocenters. The first-order chi connectivity index (χ1) is 9.03. The van der Waals surface area contributed by atoms with Crippen LogP contribution < -0.4 is 4.72 Å². The first-order valence-electron chi connectivity index (χ1n) is 6.42.